The second-order valence-electron chi connectivity index (χ2n) is 4.97. The molecule has 2 nitrogen and oxygen atoms in total. The molecule has 0 bridgehead atoms. The number of hydrogen-bond donors (Lipinski definition) is 1. The van der Waals surface area contributed by atoms with E-state index in [9.17, 15) is 5.11 Å². The summed E-state index contributed by atoms with van der Waals surface area (Å²) >= 11 is 0. The van der Waals surface area contributed by atoms with Crippen LogP contribution in [0.3, 0.4) is 0 Å². The van der Waals surface area contributed by atoms with Crippen molar-refractivity contribution in [3.63, 3.8) is 0 Å². The van der Waals surface area contributed by atoms with Gasteiger partial charge in [0, 0.05) is 0 Å². The third-order valence-corrected chi connectivity index (χ3v) is 3.54. The lowest BCUT2D eigenvalue weighted by atomic mass is 9.99. The van der Waals surface area contributed by atoms with Crippen molar-refractivity contribution in [3.8, 4) is 5.75 Å². The Kier molecular flexibility index (Phi) is 6.20. The lowest BCUT2D eigenvalue weighted by Gasteiger charge is -2.25. The normalized spacial score (nSPS) is 11.6. The summed E-state index contributed by atoms with van der Waals surface area (Å²) < 4.78 is 5.72. The summed E-state index contributed by atoms with van der Waals surface area (Å²) in [6.45, 7) is 6.55. The van der Waals surface area contributed by atoms with Gasteiger partial charge in [-0.15, -0.1) is 0 Å². The van der Waals surface area contributed by atoms with E-state index in [4.69, 9.17) is 4.74 Å². The standard InChI is InChI=1S/C16H26O2/c1-4-7-9-14-10-8-11-15(12-14)18-13-16(17,5-2)6-3/h8,10-12,17H,4-7,9,13H2,1-3H3. The molecule has 1 aromatic rings. The largest absolute Gasteiger partial charge is 0.491 e. The van der Waals surface area contributed by atoms with E-state index in [-0.39, 0.29) is 0 Å². The van der Waals surface area contributed by atoms with Crippen molar-refractivity contribution in [3.05, 3.63) is 29.8 Å². The molecule has 0 atom stereocenters. The smallest absolute Gasteiger partial charge is 0.119 e. The molecule has 1 N–H and O–H groups in total. The van der Waals surface area contributed by atoms with E-state index < -0.39 is 5.60 Å². The minimum Gasteiger partial charge on any atom is -0.491 e. The van der Waals surface area contributed by atoms with Crippen LogP contribution >= 0.6 is 0 Å². The van der Waals surface area contributed by atoms with Gasteiger partial charge in [0.05, 0.1) is 5.60 Å². The van der Waals surface area contributed by atoms with E-state index in [1.165, 1.54) is 18.4 Å². The molecule has 1 rings (SSSR count). The van der Waals surface area contributed by atoms with Crippen LogP contribution in [0.1, 0.15) is 52.0 Å². The van der Waals surface area contributed by atoms with Gasteiger partial charge in [0.15, 0.2) is 0 Å². The molecule has 102 valence electrons. The predicted octanol–water partition coefficient (Wildman–Crippen LogP) is 3.96. The first-order valence-electron chi connectivity index (χ1n) is 7.07. The van der Waals surface area contributed by atoms with Crippen LogP contribution in [0.25, 0.3) is 0 Å². The number of benzene rings is 1. The first-order chi connectivity index (χ1) is 8.63. The topological polar surface area (TPSA) is 29.5 Å². The summed E-state index contributed by atoms with van der Waals surface area (Å²) in [5.41, 5.74) is 0.616. The van der Waals surface area contributed by atoms with Crippen LogP contribution in [0.2, 0.25) is 0 Å². The molecule has 0 aromatic heterocycles. The van der Waals surface area contributed by atoms with Gasteiger partial charge in [-0.05, 0) is 43.4 Å². The Labute approximate surface area is 111 Å². The van der Waals surface area contributed by atoms with Crippen LogP contribution in [0, 0.1) is 0 Å². The SMILES string of the molecule is CCCCc1cccc(OCC(O)(CC)CC)c1. The van der Waals surface area contributed by atoms with Crippen molar-refractivity contribution in [1.29, 1.82) is 0 Å². The molecule has 2 heteroatoms. The monoisotopic (exact) mass is 250 g/mol. The van der Waals surface area contributed by atoms with Gasteiger partial charge in [0.25, 0.3) is 0 Å². The van der Waals surface area contributed by atoms with Crippen LogP contribution in [-0.4, -0.2) is 17.3 Å². The van der Waals surface area contributed by atoms with Gasteiger partial charge >= 0.3 is 0 Å². The van der Waals surface area contributed by atoms with Crippen LogP contribution in [0.4, 0.5) is 0 Å². The Morgan fingerprint density at radius 2 is 1.89 bits per heavy atom. The number of unbranched alkanes of at least 4 members (excludes halogenated alkanes) is 1. The van der Waals surface area contributed by atoms with Gasteiger partial charge in [0.2, 0.25) is 0 Å². The number of rotatable bonds is 8. The van der Waals surface area contributed by atoms with Crippen LogP contribution in [0.5, 0.6) is 5.75 Å². The van der Waals surface area contributed by atoms with Crippen LogP contribution < -0.4 is 4.74 Å². The molecule has 0 unspecified atom stereocenters. The summed E-state index contributed by atoms with van der Waals surface area (Å²) in [6, 6.07) is 8.20. The highest BCUT2D eigenvalue weighted by Crippen LogP contribution is 2.20. The van der Waals surface area contributed by atoms with E-state index in [1.807, 2.05) is 26.0 Å². The minimum atomic E-state index is -0.695. The average Bonchev–Trinajstić information content (AvgIpc) is 2.43. The molecule has 0 fully saturated rings. The molecule has 0 heterocycles. The summed E-state index contributed by atoms with van der Waals surface area (Å²) in [5.74, 6) is 0.865. The van der Waals surface area contributed by atoms with Gasteiger partial charge in [-0.25, -0.2) is 0 Å². The van der Waals surface area contributed by atoms with Crippen molar-refractivity contribution in [1.82, 2.24) is 0 Å². The maximum atomic E-state index is 10.2. The third-order valence-electron chi connectivity index (χ3n) is 3.54. The number of ether oxygens (including phenoxy) is 1. The van der Waals surface area contributed by atoms with Crippen molar-refractivity contribution in [2.24, 2.45) is 0 Å². The Hall–Kier alpha value is -1.02. The van der Waals surface area contributed by atoms with Crippen molar-refractivity contribution in [2.75, 3.05) is 6.61 Å². The molecule has 0 aliphatic rings. The second kappa shape index (κ2) is 7.42. The zero-order valence-electron chi connectivity index (χ0n) is 11.9. The number of aliphatic hydroxyl groups is 1. The first kappa shape index (κ1) is 15.0. The Morgan fingerprint density at radius 1 is 1.17 bits per heavy atom. The molecule has 18 heavy (non-hydrogen) atoms. The third kappa shape index (κ3) is 4.69. The minimum absolute atomic E-state index is 0.372. The Balaban J connectivity index is 2.56. The van der Waals surface area contributed by atoms with Gasteiger partial charge < -0.3 is 9.84 Å². The van der Waals surface area contributed by atoms with Crippen molar-refractivity contribution < 1.29 is 9.84 Å². The lowest BCUT2D eigenvalue weighted by molar-refractivity contribution is -0.0113. The molecule has 0 radical (unpaired) electrons. The molecule has 0 amide bonds. The molecule has 0 saturated heterocycles. The molecule has 0 saturated carbocycles. The molecule has 0 aliphatic heterocycles. The fourth-order valence-corrected chi connectivity index (χ4v) is 1.84. The summed E-state index contributed by atoms with van der Waals surface area (Å²) in [5, 5.41) is 10.2. The van der Waals surface area contributed by atoms with Gasteiger partial charge in [-0.3, -0.25) is 0 Å². The van der Waals surface area contributed by atoms with Crippen molar-refractivity contribution >= 4 is 0 Å². The molecular weight excluding hydrogens is 224 g/mol. The Morgan fingerprint density at radius 3 is 2.50 bits per heavy atom. The van der Waals surface area contributed by atoms with Crippen LogP contribution in [0.15, 0.2) is 24.3 Å². The fourth-order valence-electron chi connectivity index (χ4n) is 1.84. The van der Waals surface area contributed by atoms with E-state index in [0.717, 1.165) is 25.0 Å². The van der Waals surface area contributed by atoms with Crippen molar-refractivity contribution in [2.45, 2.75) is 58.5 Å². The first-order valence-corrected chi connectivity index (χ1v) is 7.07. The maximum Gasteiger partial charge on any atom is 0.119 e. The van der Waals surface area contributed by atoms with Gasteiger partial charge in [-0.1, -0.05) is 39.3 Å². The van der Waals surface area contributed by atoms with E-state index in [1.54, 1.807) is 0 Å². The van der Waals surface area contributed by atoms with Gasteiger partial charge in [0.1, 0.15) is 12.4 Å². The average molecular weight is 250 g/mol. The number of aryl methyl sites for hydroxylation is 1. The molecule has 1 aromatic carbocycles. The second-order valence-corrected chi connectivity index (χ2v) is 4.97. The zero-order chi connectivity index (χ0) is 13.4. The quantitative estimate of drug-likeness (QED) is 0.756. The van der Waals surface area contributed by atoms with E-state index in [0.29, 0.717) is 6.61 Å². The Bertz CT molecular complexity index is 343. The molecule has 0 aliphatic carbocycles. The summed E-state index contributed by atoms with van der Waals surface area (Å²) in [4.78, 5) is 0. The van der Waals surface area contributed by atoms with Crippen LogP contribution in [-0.2, 0) is 6.42 Å². The lowest BCUT2D eigenvalue weighted by Crippen LogP contribution is -2.34. The fraction of sp³-hybridized carbons (Fsp3) is 0.625. The molecule has 0 spiro atoms. The summed E-state index contributed by atoms with van der Waals surface area (Å²) in [6.07, 6.45) is 4.95. The van der Waals surface area contributed by atoms with E-state index >= 15 is 0 Å². The highest BCUT2D eigenvalue weighted by Gasteiger charge is 2.22. The highest BCUT2D eigenvalue weighted by atomic mass is 16.5. The molecular formula is C16H26O2. The highest BCUT2D eigenvalue weighted by molar-refractivity contribution is 5.28. The maximum absolute atomic E-state index is 10.2. The zero-order valence-corrected chi connectivity index (χ0v) is 11.9. The van der Waals surface area contributed by atoms with E-state index in [2.05, 4.69) is 19.1 Å². The summed E-state index contributed by atoms with van der Waals surface area (Å²) in [7, 11) is 0. The predicted molar refractivity (Wildman–Crippen MR) is 76.1 cm³/mol. The van der Waals surface area contributed by atoms with Gasteiger partial charge in [-0.2, -0.15) is 0 Å². The number of hydrogen-bond acceptors (Lipinski definition) is 2.